The van der Waals surface area contributed by atoms with E-state index in [1.54, 1.807) is 0 Å². The summed E-state index contributed by atoms with van der Waals surface area (Å²) in [4.78, 5) is 0. The first-order chi connectivity index (χ1) is 4.00. The third-order valence-electron chi connectivity index (χ3n) is 0.0714. The summed E-state index contributed by atoms with van der Waals surface area (Å²) in [6.07, 6.45) is -2.30. The van der Waals surface area contributed by atoms with Crippen molar-refractivity contribution in [3.05, 3.63) is 31.5 Å². The molecular formula is C6H7F3Y-2. The Morgan fingerprint density at radius 2 is 1.60 bits per heavy atom. The topological polar surface area (TPSA) is 0 Å². The minimum absolute atomic E-state index is 0. The smallest absolute Gasteiger partial charge is 0.120 e. The van der Waals surface area contributed by atoms with Gasteiger partial charge in [-0.05, 0) is 0 Å². The van der Waals surface area contributed by atoms with E-state index in [0.717, 1.165) is 5.57 Å². The molecule has 10 heavy (non-hydrogen) atoms. The van der Waals surface area contributed by atoms with Crippen molar-refractivity contribution in [2.75, 3.05) is 0 Å². The maximum Gasteiger partial charge on any atom is 0.120 e. The second-order valence-corrected chi connectivity index (χ2v) is 1.31. The van der Waals surface area contributed by atoms with Crippen LogP contribution in [0.3, 0.4) is 0 Å². The quantitative estimate of drug-likeness (QED) is 0.556. The molecule has 0 saturated heterocycles. The van der Waals surface area contributed by atoms with E-state index in [-0.39, 0.29) is 39.0 Å². The van der Waals surface area contributed by atoms with E-state index in [1.807, 2.05) is 6.92 Å². The molecule has 57 valence electrons. The molecule has 1 radical (unpaired) electrons. The van der Waals surface area contributed by atoms with Crippen molar-refractivity contribution >= 4 is 0 Å². The fraction of sp³-hybridized carbons (Fsp3) is 0.167. The van der Waals surface area contributed by atoms with Crippen molar-refractivity contribution in [3.8, 4) is 0 Å². The monoisotopic (exact) mass is 225 g/mol. The predicted octanol–water partition coefficient (Wildman–Crippen LogP) is 2.89. The Hall–Kier alpha value is 0.244. The summed E-state index contributed by atoms with van der Waals surface area (Å²) >= 11 is 0. The molecule has 0 N–H and O–H groups in total. The van der Waals surface area contributed by atoms with Crippen LogP contribution >= 0.6 is 0 Å². The van der Waals surface area contributed by atoms with E-state index in [0.29, 0.717) is 0 Å². The Bertz CT molecular complexity index is 102. The number of halogens is 3. The third-order valence-corrected chi connectivity index (χ3v) is 0.0714. The van der Waals surface area contributed by atoms with Crippen LogP contribution in [0.5, 0.6) is 0 Å². The Balaban J connectivity index is -0.0000000910. The molecule has 0 rings (SSSR count). The molecule has 4 heteroatoms. The Morgan fingerprint density at radius 1 is 1.50 bits per heavy atom. The molecule has 0 bridgehead atoms. The molecule has 0 atom stereocenters. The molecule has 0 aromatic heterocycles. The van der Waals surface area contributed by atoms with E-state index in [2.05, 4.69) is 13.5 Å². The van der Waals surface area contributed by atoms with E-state index >= 15 is 0 Å². The van der Waals surface area contributed by atoms with Gasteiger partial charge in [0.15, 0.2) is 0 Å². The molecule has 0 saturated carbocycles. The van der Waals surface area contributed by atoms with Gasteiger partial charge in [0.05, 0.1) is 0 Å². The van der Waals surface area contributed by atoms with Gasteiger partial charge >= 0.3 is 0 Å². The van der Waals surface area contributed by atoms with Crippen LogP contribution in [0.4, 0.5) is 13.2 Å². The third kappa shape index (κ3) is 85.9. The minimum Gasteiger partial charge on any atom is -0.453 e. The summed E-state index contributed by atoms with van der Waals surface area (Å²) in [6, 6.07) is 0. The zero-order valence-electron chi connectivity index (χ0n) is 5.63. The van der Waals surface area contributed by atoms with E-state index in [4.69, 9.17) is 0 Å². The van der Waals surface area contributed by atoms with Gasteiger partial charge in [0, 0.05) is 32.7 Å². The zero-order chi connectivity index (χ0) is 7.86. The van der Waals surface area contributed by atoms with Crippen molar-refractivity contribution in [1.29, 1.82) is 0 Å². The van der Waals surface area contributed by atoms with Crippen LogP contribution in [0.2, 0.25) is 0 Å². The molecule has 0 aromatic rings. The average molecular weight is 225 g/mol. The molecule has 0 amide bonds. The molecule has 0 aliphatic rings. The van der Waals surface area contributed by atoms with Crippen LogP contribution in [0, 0.1) is 13.3 Å². The molecule has 0 heterocycles. The first-order valence-corrected chi connectivity index (χ1v) is 2.02. The van der Waals surface area contributed by atoms with Gasteiger partial charge in [-0.25, -0.2) is 34.2 Å². The zero-order valence-corrected chi connectivity index (χ0v) is 8.46. The van der Waals surface area contributed by atoms with Gasteiger partial charge < -0.3 is 4.39 Å². The molecule has 0 aliphatic heterocycles. The van der Waals surface area contributed by atoms with Gasteiger partial charge in [0.2, 0.25) is 0 Å². The van der Waals surface area contributed by atoms with E-state index in [9.17, 15) is 13.2 Å². The second kappa shape index (κ2) is 12.0. The van der Waals surface area contributed by atoms with Crippen LogP contribution < -0.4 is 0 Å². The number of hydrogen-bond acceptors (Lipinski definition) is 0. The number of allylic oxidation sites excluding steroid dienone is 1. The van der Waals surface area contributed by atoms with Crippen LogP contribution in [0.25, 0.3) is 0 Å². The van der Waals surface area contributed by atoms with Gasteiger partial charge in [-0.15, -0.1) is 0 Å². The average Bonchev–Trinajstić information content (AvgIpc) is 1.65. The second-order valence-electron chi connectivity index (χ2n) is 1.31. The maximum atomic E-state index is 10.2. The van der Waals surface area contributed by atoms with Crippen LogP contribution in [0.15, 0.2) is 18.2 Å². The first kappa shape index (κ1) is 16.7. The fourth-order valence-corrected chi connectivity index (χ4v) is 0. The molecule has 0 fully saturated rings. The summed E-state index contributed by atoms with van der Waals surface area (Å²) < 4.78 is 30.5. The summed E-state index contributed by atoms with van der Waals surface area (Å²) in [5.41, 5.74) is 0.917. The van der Waals surface area contributed by atoms with Gasteiger partial charge in [0.1, 0.15) is 6.08 Å². The maximum absolute atomic E-state index is 10.2. The predicted molar refractivity (Wildman–Crippen MR) is 30.3 cm³/mol. The SMILES string of the molecule is C=C([CH2-])C.F[C-]=C(F)F.[Y]. The molecule has 0 nitrogen and oxygen atoms in total. The van der Waals surface area contributed by atoms with Gasteiger partial charge in [-0.2, -0.15) is 0 Å². The van der Waals surface area contributed by atoms with Crippen molar-refractivity contribution in [1.82, 2.24) is 0 Å². The minimum atomic E-state index is -2.41. The van der Waals surface area contributed by atoms with Crippen molar-refractivity contribution in [3.63, 3.8) is 0 Å². The number of rotatable bonds is 0. The van der Waals surface area contributed by atoms with Crippen LogP contribution in [-0.4, -0.2) is 0 Å². The number of hydrogen-bond donors (Lipinski definition) is 0. The van der Waals surface area contributed by atoms with Gasteiger partial charge in [-0.1, -0.05) is 6.92 Å². The normalized spacial score (nSPS) is 6.00. The van der Waals surface area contributed by atoms with Crippen molar-refractivity contribution in [2.45, 2.75) is 6.92 Å². The summed E-state index contributed by atoms with van der Waals surface area (Å²) in [5, 5.41) is 0. The summed E-state index contributed by atoms with van der Waals surface area (Å²) in [6.45, 7) is 8.75. The summed E-state index contributed by atoms with van der Waals surface area (Å²) in [5.74, 6) is 0. The standard InChI is InChI=1S/C4H7.C2F3.Y/c1-4(2)3;3-1-2(4)5;/h1-2H2,3H3;;/q2*-1;. The molecule has 0 unspecified atom stereocenters. The Morgan fingerprint density at radius 3 is 1.60 bits per heavy atom. The Labute approximate surface area is 84.1 Å². The fourth-order valence-electron chi connectivity index (χ4n) is 0. The summed E-state index contributed by atoms with van der Waals surface area (Å²) in [7, 11) is 0. The molecule has 0 spiro atoms. The molecule has 0 aliphatic carbocycles. The van der Waals surface area contributed by atoms with Gasteiger partial charge in [-0.3, -0.25) is 0 Å². The van der Waals surface area contributed by atoms with E-state index < -0.39 is 6.08 Å². The van der Waals surface area contributed by atoms with Crippen molar-refractivity contribution < 1.29 is 45.9 Å². The van der Waals surface area contributed by atoms with Crippen molar-refractivity contribution in [2.24, 2.45) is 0 Å². The van der Waals surface area contributed by atoms with E-state index in [1.165, 1.54) is 0 Å². The molecular weight excluding hydrogens is 218 g/mol. The largest absolute Gasteiger partial charge is 0.453 e. The Kier molecular flexibility index (Phi) is 20.0. The van der Waals surface area contributed by atoms with Crippen LogP contribution in [-0.2, 0) is 32.7 Å². The van der Waals surface area contributed by atoms with Crippen LogP contribution in [0.1, 0.15) is 6.92 Å². The molecule has 0 aromatic carbocycles. The van der Waals surface area contributed by atoms with Gasteiger partial charge in [0.25, 0.3) is 0 Å². The first-order valence-electron chi connectivity index (χ1n) is 2.02.